The summed E-state index contributed by atoms with van der Waals surface area (Å²) in [5.74, 6) is 3.21. The van der Waals surface area contributed by atoms with E-state index in [1.54, 1.807) is 0 Å². The lowest BCUT2D eigenvalue weighted by molar-refractivity contribution is 0.903. The van der Waals surface area contributed by atoms with Crippen LogP contribution in [-0.2, 0) is 5.75 Å². The van der Waals surface area contributed by atoms with E-state index in [9.17, 15) is 0 Å². The first-order valence-corrected chi connectivity index (χ1v) is 7.11. The number of guanidine groups is 1. The quantitative estimate of drug-likeness (QED) is 0.768. The number of thiophene rings is 1. The number of hydrogen-bond donors (Lipinski definition) is 2. The van der Waals surface area contributed by atoms with E-state index >= 15 is 0 Å². The maximum Gasteiger partial charge on any atom is 0.191 e. The molecule has 1 aromatic heterocycles. The van der Waals surface area contributed by atoms with Gasteiger partial charge in [-0.25, -0.2) is 0 Å². The van der Waals surface area contributed by atoms with E-state index in [0.29, 0.717) is 0 Å². The van der Waals surface area contributed by atoms with Gasteiger partial charge in [-0.2, -0.15) is 11.8 Å². The molecule has 5 heteroatoms. The number of nitrogens with one attached hydrogen (secondary N) is 2. The van der Waals surface area contributed by atoms with E-state index in [1.807, 2.05) is 23.1 Å². The van der Waals surface area contributed by atoms with Crippen LogP contribution in [-0.4, -0.2) is 31.3 Å². The Morgan fingerprint density at radius 3 is 3.33 bits per heavy atom. The first kappa shape index (κ1) is 10.8. The van der Waals surface area contributed by atoms with Crippen LogP contribution in [0.1, 0.15) is 4.88 Å². The summed E-state index contributed by atoms with van der Waals surface area (Å²) in [7, 11) is 0. The van der Waals surface area contributed by atoms with Gasteiger partial charge < -0.3 is 10.6 Å². The summed E-state index contributed by atoms with van der Waals surface area (Å²) < 4.78 is 0. The Kier molecular flexibility index (Phi) is 4.35. The zero-order valence-electron chi connectivity index (χ0n) is 8.53. The smallest absolute Gasteiger partial charge is 0.191 e. The molecule has 2 rings (SSSR count). The highest BCUT2D eigenvalue weighted by Gasteiger charge is 2.02. The molecule has 0 aliphatic carbocycles. The molecule has 0 unspecified atom stereocenters. The lowest BCUT2D eigenvalue weighted by Crippen LogP contribution is -2.35. The van der Waals surface area contributed by atoms with Crippen molar-refractivity contribution in [1.29, 1.82) is 0 Å². The molecule has 2 heterocycles. The third kappa shape index (κ3) is 3.76. The normalized spacial score (nSPS) is 14.8. The molecule has 3 nitrogen and oxygen atoms in total. The predicted octanol–water partition coefficient (Wildman–Crippen LogP) is 1.53. The molecule has 1 aliphatic heterocycles. The van der Waals surface area contributed by atoms with E-state index in [1.165, 1.54) is 4.88 Å². The lowest BCUT2D eigenvalue weighted by atomic mass is 10.5. The van der Waals surface area contributed by atoms with Crippen LogP contribution in [0.3, 0.4) is 0 Å². The molecule has 0 amide bonds. The molecule has 0 spiro atoms. The van der Waals surface area contributed by atoms with Gasteiger partial charge in [-0.1, -0.05) is 6.07 Å². The Morgan fingerprint density at radius 2 is 2.60 bits per heavy atom. The lowest BCUT2D eigenvalue weighted by Gasteiger charge is -2.05. The average molecular weight is 241 g/mol. The summed E-state index contributed by atoms with van der Waals surface area (Å²) in [5, 5.41) is 8.61. The second-order valence-electron chi connectivity index (χ2n) is 3.22. The third-order valence-electron chi connectivity index (χ3n) is 2.04. The van der Waals surface area contributed by atoms with Gasteiger partial charge in [0.25, 0.3) is 0 Å². The standard InChI is InChI=1S/C10H15N3S2/c1-2-9(15-6-1)8-14-7-5-13-10-11-3-4-12-10/h1-2,6H,3-5,7-8H2,(H2,11,12,13). The zero-order valence-corrected chi connectivity index (χ0v) is 10.2. The molecule has 1 aliphatic rings. The molecule has 0 bridgehead atoms. The van der Waals surface area contributed by atoms with Crippen molar-refractivity contribution in [3.63, 3.8) is 0 Å². The summed E-state index contributed by atoms with van der Waals surface area (Å²) in [6.45, 7) is 2.87. The van der Waals surface area contributed by atoms with Crippen molar-refractivity contribution >= 4 is 29.1 Å². The van der Waals surface area contributed by atoms with Gasteiger partial charge in [-0.05, 0) is 11.4 Å². The van der Waals surface area contributed by atoms with Crippen LogP contribution in [0.5, 0.6) is 0 Å². The van der Waals surface area contributed by atoms with E-state index in [2.05, 4.69) is 33.1 Å². The van der Waals surface area contributed by atoms with Crippen molar-refractivity contribution in [2.24, 2.45) is 4.99 Å². The Labute approximate surface area is 98.4 Å². The van der Waals surface area contributed by atoms with Crippen LogP contribution in [0.2, 0.25) is 0 Å². The molecule has 0 saturated heterocycles. The van der Waals surface area contributed by atoms with Gasteiger partial charge in [0, 0.05) is 29.5 Å². The third-order valence-corrected chi connectivity index (χ3v) is 4.10. The molecule has 1 aromatic rings. The van der Waals surface area contributed by atoms with Crippen molar-refractivity contribution < 1.29 is 0 Å². The monoisotopic (exact) mass is 241 g/mol. The number of rotatable bonds is 5. The summed E-state index contributed by atoms with van der Waals surface area (Å²) in [5.41, 5.74) is 0. The highest BCUT2D eigenvalue weighted by atomic mass is 32.2. The SMILES string of the molecule is c1csc(CSCCNC2=NCCN2)c1. The molecule has 82 valence electrons. The highest BCUT2D eigenvalue weighted by Crippen LogP contribution is 2.16. The van der Waals surface area contributed by atoms with Crippen LogP contribution < -0.4 is 10.6 Å². The van der Waals surface area contributed by atoms with Crippen molar-refractivity contribution in [2.45, 2.75) is 5.75 Å². The number of aliphatic imine (C=N–C) groups is 1. The van der Waals surface area contributed by atoms with Gasteiger partial charge in [0.15, 0.2) is 5.96 Å². The van der Waals surface area contributed by atoms with Gasteiger partial charge in [0.05, 0.1) is 6.54 Å². The van der Waals surface area contributed by atoms with Crippen molar-refractivity contribution in [3.8, 4) is 0 Å². The molecule has 0 aromatic carbocycles. The van der Waals surface area contributed by atoms with Gasteiger partial charge in [0.1, 0.15) is 0 Å². The second kappa shape index (κ2) is 6.02. The van der Waals surface area contributed by atoms with E-state index in [0.717, 1.165) is 37.1 Å². The molecule has 0 radical (unpaired) electrons. The van der Waals surface area contributed by atoms with Crippen LogP contribution in [0.4, 0.5) is 0 Å². The summed E-state index contributed by atoms with van der Waals surface area (Å²) >= 11 is 3.79. The average Bonchev–Trinajstić information content (AvgIpc) is 2.88. The molecule has 0 saturated carbocycles. The van der Waals surface area contributed by atoms with Crippen molar-refractivity contribution in [2.75, 3.05) is 25.4 Å². The molecule has 2 N–H and O–H groups in total. The van der Waals surface area contributed by atoms with Gasteiger partial charge >= 0.3 is 0 Å². The van der Waals surface area contributed by atoms with Crippen LogP contribution in [0.25, 0.3) is 0 Å². The Balaban J connectivity index is 1.52. The molecule has 0 fully saturated rings. The second-order valence-corrected chi connectivity index (χ2v) is 5.35. The summed E-state index contributed by atoms with van der Waals surface area (Å²) in [6, 6.07) is 4.30. The van der Waals surface area contributed by atoms with Crippen LogP contribution in [0.15, 0.2) is 22.5 Å². The van der Waals surface area contributed by atoms with Crippen LogP contribution in [0, 0.1) is 0 Å². The maximum absolute atomic E-state index is 4.27. The topological polar surface area (TPSA) is 36.4 Å². The molecule has 15 heavy (non-hydrogen) atoms. The molecule has 0 atom stereocenters. The first-order chi connectivity index (χ1) is 7.45. The Hall–Kier alpha value is -0.680. The number of hydrogen-bond acceptors (Lipinski definition) is 5. The summed E-state index contributed by atoms with van der Waals surface area (Å²) in [4.78, 5) is 5.73. The largest absolute Gasteiger partial charge is 0.356 e. The minimum atomic E-state index is 0.907. The van der Waals surface area contributed by atoms with Crippen LogP contribution >= 0.6 is 23.1 Å². The van der Waals surface area contributed by atoms with E-state index in [4.69, 9.17) is 0 Å². The minimum Gasteiger partial charge on any atom is -0.356 e. The van der Waals surface area contributed by atoms with Gasteiger partial charge in [-0.15, -0.1) is 11.3 Å². The van der Waals surface area contributed by atoms with Gasteiger partial charge in [-0.3, -0.25) is 4.99 Å². The van der Waals surface area contributed by atoms with Crippen molar-refractivity contribution in [3.05, 3.63) is 22.4 Å². The fourth-order valence-corrected chi connectivity index (χ4v) is 3.02. The Morgan fingerprint density at radius 1 is 1.60 bits per heavy atom. The molecular formula is C10H15N3S2. The molecular weight excluding hydrogens is 226 g/mol. The number of thioether (sulfide) groups is 1. The van der Waals surface area contributed by atoms with Gasteiger partial charge in [0.2, 0.25) is 0 Å². The highest BCUT2D eigenvalue weighted by molar-refractivity contribution is 7.98. The Bertz CT molecular complexity index is 308. The minimum absolute atomic E-state index is 0.907. The first-order valence-electron chi connectivity index (χ1n) is 5.07. The van der Waals surface area contributed by atoms with E-state index in [-0.39, 0.29) is 0 Å². The van der Waals surface area contributed by atoms with Crippen molar-refractivity contribution in [1.82, 2.24) is 10.6 Å². The summed E-state index contributed by atoms with van der Waals surface area (Å²) in [6.07, 6.45) is 0. The number of nitrogens with zero attached hydrogens (tertiary/aromatic N) is 1. The van der Waals surface area contributed by atoms with E-state index < -0.39 is 0 Å². The zero-order chi connectivity index (χ0) is 10.3. The fraction of sp³-hybridized carbons (Fsp3) is 0.500. The fourth-order valence-electron chi connectivity index (χ4n) is 1.33. The maximum atomic E-state index is 4.27. The predicted molar refractivity (Wildman–Crippen MR) is 68.8 cm³/mol.